The summed E-state index contributed by atoms with van der Waals surface area (Å²) in [5.74, 6) is -0.296. The Bertz CT molecular complexity index is 159. The van der Waals surface area contributed by atoms with E-state index in [9.17, 15) is 4.79 Å². The first-order chi connectivity index (χ1) is 5.59. The van der Waals surface area contributed by atoms with Crippen LogP contribution in [0.25, 0.3) is 0 Å². The van der Waals surface area contributed by atoms with E-state index in [1.165, 1.54) is 0 Å². The molecule has 0 aromatic rings. The molecule has 0 radical (unpaired) electrons. The predicted octanol–water partition coefficient (Wildman–Crippen LogP) is 1.52. The van der Waals surface area contributed by atoms with Gasteiger partial charge in [-0.1, -0.05) is 13.8 Å². The summed E-state index contributed by atoms with van der Waals surface area (Å²) in [7, 11) is 0. The highest BCUT2D eigenvalue weighted by Gasteiger charge is 2.34. The van der Waals surface area contributed by atoms with E-state index in [1.807, 2.05) is 0 Å². The van der Waals surface area contributed by atoms with Crippen LogP contribution in [0.1, 0.15) is 26.7 Å². The average molecular weight is 172 g/mol. The molecule has 3 nitrogen and oxygen atoms in total. The fourth-order valence-electron chi connectivity index (χ4n) is 1.23. The van der Waals surface area contributed by atoms with E-state index in [0.717, 1.165) is 6.61 Å². The molecule has 3 heteroatoms. The van der Waals surface area contributed by atoms with E-state index in [2.05, 4.69) is 13.8 Å². The standard InChI is InChI=1S/C9H16O3/c1-6(2)5-12-8-3-7(4-8)9(10)11/h6-8H,3-5H2,1-2H3,(H,10,11)/t7-,8+. The van der Waals surface area contributed by atoms with Crippen LogP contribution >= 0.6 is 0 Å². The molecule has 1 rings (SSSR count). The molecule has 1 aliphatic rings. The van der Waals surface area contributed by atoms with Crippen LogP contribution in [0.15, 0.2) is 0 Å². The highest BCUT2D eigenvalue weighted by Crippen LogP contribution is 2.30. The third-order valence-corrected chi connectivity index (χ3v) is 2.11. The first kappa shape index (κ1) is 9.52. The minimum absolute atomic E-state index is 0.151. The molecule has 1 N–H and O–H groups in total. The zero-order valence-corrected chi connectivity index (χ0v) is 7.62. The maximum Gasteiger partial charge on any atom is 0.306 e. The fourth-order valence-corrected chi connectivity index (χ4v) is 1.23. The first-order valence-corrected chi connectivity index (χ1v) is 4.44. The largest absolute Gasteiger partial charge is 0.481 e. The number of ether oxygens (including phenoxy) is 1. The van der Waals surface area contributed by atoms with Crippen molar-refractivity contribution in [3.63, 3.8) is 0 Å². The summed E-state index contributed by atoms with van der Waals surface area (Å²) in [4.78, 5) is 10.4. The zero-order chi connectivity index (χ0) is 9.14. The molecule has 0 spiro atoms. The maximum absolute atomic E-state index is 10.4. The van der Waals surface area contributed by atoms with Crippen LogP contribution < -0.4 is 0 Å². The highest BCUT2D eigenvalue weighted by atomic mass is 16.5. The van der Waals surface area contributed by atoms with Crippen LogP contribution in [0.4, 0.5) is 0 Å². The SMILES string of the molecule is CC(C)CO[C@H]1C[C@@H](C(=O)O)C1. The Balaban J connectivity index is 2.06. The first-order valence-electron chi connectivity index (χ1n) is 4.44. The minimum Gasteiger partial charge on any atom is -0.481 e. The van der Waals surface area contributed by atoms with Gasteiger partial charge in [-0.2, -0.15) is 0 Å². The van der Waals surface area contributed by atoms with Gasteiger partial charge in [-0.3, -0.25) is 4.79 Å². The summed E-state index contributed by atoms with van der Waals surface area (Å²) in [6, 6.07) is 0. The Morgan fingerprint density at radius 3 is 2.58 bits per heavy atom. The van der Waals surface area contributed by atoms with Crippen molar-refractivity contribution in [2.75, 3.05) is 6.61 Å². The molecule has 0 aromatic heterocycles. The van der Waals surface area contributed by atoms with Gasteiger partial charge >= 0.3 is 5.97 Å². The summed E-state index contributed by atoms with van der Waals surface area (Å²) in [5, 5.41) is 8.57. The average Bonchev–Trinajstić information content (AvgIpc) is 1.82. The number of carbonyl (C=O) groups is 1. The summed E-state index contributed by atoms with van der Waals surface area (Å²) < 4.78 is 5.46. The third kappa shape index (κ3) is 2.48. The molecule has 0 heterocycles. The monoisotopic (exact) mass is 172 g/mol. The van der Waals surface area contributed by atoms with Crippen molar-refractivity contribution in [3.8, 4) is 0 Å². The second-order valence-electron chi connectivity index (χ2n) is 3.86. The quantitative estimate of drug-likeness (QED) is 0.699. The number of carboxylic acid groups (broad SMARTS) is 1. The molecule has 1 saturated carbocycles. The lowest BCUT2D eigenvalue weighted by atomic mass is 9.82. The molecule has 0 atom stereocenters. The van der Waals surface area contributed by atoms with Gasteiger partial charge < -0.3 is 9.84 Å². The van der Waals surface area contributed by atoms with Gasteiger partial charge in [-0.25, -0.2) is 0 Å². The van der Waals surface area contributed by atoms with Crippen LogP contribution in [0.3, 0.4) is 0 Å². The molecule has 0 aliphatic heterocycles. The summed E-state index contributed by atoms with van der Waals surface area (Å²) in [6.45, 7) is 4.93. The number of hydrogen-bond donors (Lipinski definition) is 1. The van der Waals surface area contributed by atoms with E-state index in [1.54, 1.807) is 0 Å². The fraction of sp³-hybridized carbons (Fsp3) is 0.889. The predicted molar refractivity (Wildman–Crippen MR) is 44.9 cm³/mol. The summed E-state index contributed by atoms with van der Waals surface area (Å²) in [6.07, 6.45) is 1.60. The number of aliphatic carboxylic acids is 1. The number of rotatable bonds is 4. The number of hydrogen-bond acceptors (Lipinski definition) is 2. The summed E-state index contributed by atoms with van der Waals surface area (Å²) in [5.41, 5.74) is 0. The van der Waals surface area contributed by atoms with Crippen LogP contribution in [0, 0.1) is 11.8 Å². The van der Waals surface area contributed by atoms with Crippen molar-refractivity contribution >= 4 is 5.97 Å². The molecule has 1 aliphatic carbocycles. The van der Waals surface area contributed by atoms with E-state index >= 15 is 0 Å². The van der Waals surface area contributed by atoms with Crippen molar-refractivity contribution in [2.45, 2.75) is 32.8 Å². The van der Waals surface area contributed by atoms with Gasteiger partial charge in [0.25, 0.3) is 0 Å². The van der Waals surface area contributed by atoms with Gasteiger partial charge in [0.05, 0.1) is 12.0 Å². The second-order valence-corrected chi connectivity index (χ2v) is 3.86. The van der Waals surface area contributed by atoms with Gasteiger partial charge in [-0.15, -0.1) is 0 Å². The minimum atomic E-state index is -0.681. The smallest absolute Gasteiger partial charge is 0.306 e. The molecule has 0 unspecified atom stereocenters. The Kier molecular flexibility index (Phi) is 3.09. The van der Waals surface area contributed by atoms with Gasteiger partial charge in [0.1, 0.15) is 0 Å². The van der Waals surface area contributed by atoms with Crippen LogP contribution in [-0.4, -0.2) is 23.8 Å². The second kappa shape index (κ2) is 3.90. The molecule has 70 valence electrons. The topological polar surface area (TPSA) is 46.5 Å². The molecule has 0 aromatic carbocycles. The van der Waals surface area contributed by atoms with Crippen molar-refractivity contribution in [1.82, 2.24) is 0 Å². The van der Waals surface area contributed by atoms with E-state index < -0.39 is 5.97 Å². The molecule has 12 heavy (non-hydrogen) atoms. The van der Waals surface area contributed by atoms with Gasteiger partial charge in [0.2, 0.25) is 0 Å². The zero-order valence-electron chi connectivity index (χ0n) is 7.62. The Labute approximate surface area is 72.7 Å². The van der Waals surface area contributed by atoms with Gasteiger partial charge in [-0.05, 0) is 18.8 Å². The molecule has 0 amide bonds. The number of carboxylic acids is 1. The lowest BCUT2D eigenvalue weighted by Gasteiger charge is -2.32. The van der Waals surface area contributed by atoms with Crippen molar-refractivity contribution < 1.29 is 14.6 Å². The Morgan fingerprint density at radius 2 is 2.17 bits per heavy atom. The van der Waals surface area contributed by atoms with E-state index in [0.29, 0.717) is 18.8 Å². The van der Waals surface area contributed by atoms with Crippen LogP contribution in [-0.2, 0) is 9.53 Å². The van der Waals surface area contributed by atoms with Crippen molar-refractivity contribution in [3.05, 3.63) is 0 Å². The Morgan fingerprint density at radius 1 is 1.58 bits per heavy atom. The normalized spacial score (nSPS) is 28.6. The lowest BCUT2D eigenvalue weighted by molar-refractivity contribution is -0.151. The highest BCUT2D eigenvalue weighted by molar-refractivity contribution is 5.71. The molecule has 0 bridgehead atoms. The Hall–Kier alpha value is -0.570. The summed E-state index contributed by atoms with van der Waals surface area (Å²) >= 11 is 0. The lowest BCUT2D eigenvalue weighted by Crippen LogP contribution is -2.36. The van der Waals surface area contributed by atoms with Gasteiger partial charge in [0.15, 0.2) is 0 Å². The van der Waals surface area contributed by atoms with Crippen molar-refractivity contribution in [1.29, 1.82) is 0 Å². The van der Waals surface area contributed by atoms with E-state index in [4.69, 9.17) is 9.84 Å². The molecular formula is C9H16O3. The van der Waals surface area contributed by atoms with Gasteiger partial charge in [0, 0.05) is 6.61 Å². The van der Waals surface area contributed by atoms with E-state index in [-0.39, 0.29) is 12.0 Å². The van der Waals surface area contributed by atoms with Crippen LogP contribution in [0.5, 0.6) is 0 Å². The molecule has 0 saturated heterocycles. The maximum atomic E-state index is 10.4. The molecular weight excluding hydrogens is 156 g/mol. The molecule has 1 fully saturated rings. The van der Waals surface area contributed by atoms with Crippen LogP contribution in [0.2, 0.25) is 0 Å². The van der Waals surface area contributed by atoms with Crippen molar-refractivity contribution in [2.24, 2.45) is 11.8 Å². The third-order valence-electron chi connectivity index (χ3n) is 2.11.